The summed E-state index contributed by atoms with van der Waals surface area (Å²) in [5.74, 6) is -0.0835. The van der Waals surface area contributed by atoms with E-state index < -0.39 is 0 Å². The van der Waals surface area contributed by atoms with Gasteiger partial charge in [-0.1, -0.05) is 6.07 Å². The minimum atomic E-state index is -0.345. The van der Waals surface area contributed by atoms with Crippen molar-refractivity contribution >= 4 is 34.0 Å². The number of halogens is 1. The number of pyridine rings is 2. The number of nitrogens with one attached hydrogen (secondary N) is 1. The second-order valence-electron chi connectivity index (χ2n) is 6.97. The summed E-state index contributed by atoms with van der Waals surface area (Å²) in [5.41, 5.74) is 3.82. The molecule has 1 unspecified atom stereocenters. The zero-order chi connectivity index (χ0) is 20.6. The van der Waals surface area contributed by atoms with E-state index >= 15 is 0 Å². The highest BCUT2D eigenvalue weighted by atomic mass is 79.9. The molecule has 3 heterocycles. The summed E-state index contributed by atoms with van der Waals surface area (Å²) in [7, 11) is 0. The first-order valence-electron chi connectivity index (χ1n) is 9.60. The maximum Gasteiger partial charge on any atom is 0.235 e. The fourth-order valence-corrected chi connectivity index (χ4v) is 3.48. The molecule has 2 N–H and O–H groups in total. The number of amides is 1. The van der Waals surface area contributed by atoms with Crippen molar-refractivity contribution in [3.8, 4) is 0 Å². The lowest BCUT2D eigenvalue weighted by Gasteiger charge is -2.17. The van der Waals surface area contributed by atoms with E-state index in [0.717, 1.165) is 35.0 Å². The van der Waals surface area contributed by atoms with Crippen molar-refractivity contribution in [1.82, 2.24) is 15.3 Å². The Morgan fingerprint density at radius 3 is 2.79 bits per heavy atom. The summed E-state index contributed by atoms with van der Waals surface area (Å²) in [5, 5.41) is 11.8. The summed E-state index contributed by atoms with van der Waals surface area (Å²) in [6.07, 6.45) is 8.45. The standard InChI is InChI=1S/C21H24BrN5O2/c1-14-8-17(22)12-25-19(14)4-2-3-7-23-21-26-11-16(20(29)27-21)9-15-5-6-18(13-28)24-10-15/h5-6,8,10-12,16,28H,2-4,7,9,13H2,1H3,(H,23,27,29). The van der Waals surface area contributed by atoms with Crippen LogP contribution in [-0.4, -0.2) is 39.7 Å². The smallest absolute Gasteiger partial charge is 0.235 e. The van der Waals surface area contributed by atoms with Gasteiger partial charge in [0.1, 0.15) is 0 Å². The van der Waals surface area contributed by atoms with Gasteiger partial charge in [-0.2, -0.15) is 0 Å². The Hall–Kier alpha value is -2.45. The second kappa shape index (κ2) is 10.4. The number of carbonyl (C=O) groups is 1. The molecule has 0 aromatic carbocycles. The quantitative estimate of drug-likeness (QED) is 0.595. The molecule has 1 aliphatic rings. The Morgan fingerprint density at radius 1 is 1.24 bits per heavy atom. The molecular weight excluding hydrogens is 434 g/mol. The van der Waals surface area contributed by atoms with Gasteiger partial charge in [0, 0.05) is 35.3 Å². The van der Waals surface area contributed by atoms with Crippen LogP contribution in [0.1, 0.15) is 35.4 Å². The van der Waals surface area contributed by atoms with Gasteiger partial charge in [-0.3, -0.25) is 25.1 Å². The fourth-order valence-electron chi connectivity index (χ4n) is 3.03. The van der Waals surface area contributed by atoms with Gasteiger partial charge in [0.05, 0.1) is 18.2 Å². The Bertz CT molecular complexity index is 912. The number of carbonyl (C=O) groups excluding carboxylic acids is 1. The molecule has 0 fully saturated rings. The summed E-state index contributed by atoms with van der Waals surface area (Å²) in [6, 6.07) is 5.69. The van der Waals surface area contributed by atoms with Gasteiger partial charge in [-0.05, 0) is 71.8 Å². The zero-order valence-corrected chi connectivity index (χ0v) is 17.9. The lowest BCUT2D eigenvalue weighted by Crippen LogP contribution is -2.40. The predicted octanol–water partition coefficient (Wildman–Crippen LogP) is 2.78. The normalized spacial score (nSPS) is 17.6. The lowest BCUT2D eigenvalue weighted by molar-refractivity contribution is -0.121. The van der Waals surface area contributed by atoms with Crippen molar-refractivity contribution < 1.29 is 9.90 Å². The number of guanidine groups is 1. The Morgan fingerprint density at radius 2 is 2.10 bits per heavy atom. The van der Waals surface area contributed by atoms with E-state index in [0.29, 0.717) is 24.6 Å². The van der Waals surface area contributed by atoms with Crippen LogP contribution < -0.4 is 5.32 Å². The molecule has 0 bridgehead atoms. The van der Waals surface area contributed by atoms with E-state index in [4.69, 9.17) is 5.11 Å². The third-order valence-corrected chi connectivity index (χ3v) is 5.12. The Kier molecular flexibility index (Phi) is 7.60. The monoisotopic (exact) mass is 457 g/mol. The SMILES string of the molecule is Cc1cc(Br)cnc1CCCCN=C1N=CC(Cc2ccc(CO)nc2)C(=O)N1. The molecule has 1 atom stereocenters. The van der Waals surface area contributed by atoms with E-state index in [1.54, 1.807) is 18.5 Å². The van der Waals surface area contributed by atoms with Crippen molar-refractivity contribution in [1.29, 1.82) is 0 Å². The number of rotatable bonds is 8. The summed E-state index contributed by atoms with van der Waals surface area (Å²) >= 11 is 3.43. The fraction of sp³-hybridized carbons (Fsp3) is 0.381. The number of unbranched alkanes of at least 4 members (excludes halogenated alkanes) is 1. The highest BCUT2D eigenvalue weighted by Crippen LogP contribution is 2.15. The molecule has 2 aromatic rings. The number of hydrogen-bond donors (Lipinski definition) is 2. The van der Waals surface area contributed by atoms with E-state index in [9.17, 15) is 4.79 Å². The summed E-state index contributed by atoms with van der Waals surface area (Å²) in [6.45, 7) is 2.58. The van der Waals surface area contributed by atoms with E-state index in [1.165, 1.54) is 5.56 Å². The van der Waals surface area contributed by atoms with Crippen molar-refractivity contribution in [2.24, 2.45) is 15.9 Å². The lowest BCUT2D eigenvalue weighted by atomic mass is 10.00. The predicted molar refractivity (Wildman–Crippen MR) is 116 cm³/mol. The van der Waals surface area contributed by atoms with Crippen molar-refractivity contribution in [2.75, 3.05) is 6.54 Å². The summed E-state index contributed by atoms with van der Waals surface area (Å²) in [4.78, 5) is 29.6. The highest BCUT2D eigenvalue weighted by molar-refractivity contribution is 9.10. The topological polar surface area (TPSA) is 99.8 Å². The number of aryl methyl sites for hydroxylation is 2. The third-order valence-electron chi connectivity index (χ3n) is 4.69. The number of aliphatic imine (C=N–C) groups is 2. The third kappa shape index (κ3) is 6.27. The first-order valence-corrected chi connectivity index (χ1v) is 10.4. The average Bonchev–Trinajstić information content (AvgIpc) is 2.71. The van der Waals surface area contributed by atoms with Crippen molar-refractivity contribution in [3.05, 3.63) is 57.6 Å². The average molecular weight is 458 g/mol. The number of aromatic nitrogens is 2. The summed E-state index contributed by atoms with van der Waals surface area (Å²) < 4.78 is 0.993. The number of aliphatic hydroxyl groups excluding tert-OH is 1. The molecule has 2 aromatic heterocycles. The molecule has 29 heavy (non-hydrogen) atoms. The van der Waals surface area contributed by atoms with Crippen molar-refractivity contribution in [3.63, 3.8) is 0 Å². The highest BCUT2D eigenvalue weighted by Gasteiger charge is 2.22. The molecule has 0 radical (unpaired) electrons. The molecule has 152 valence electrons. The van der Waals surface area contributed by atoms with Gasteiger partial charge < -0.3 is 5.11 Å². The van der Waals surface area contributed by atoms with Crippen LogP contribution in [0, 0.1) is 12.8 Å². The van der Waals surface area contributed by atoms with Crippen LogP contribution in [0.5, 0.6) is 0 Å². The molecule has 0 spiro atoms. The second-order valence-corrected chi connectivity index (χ2v) is 7.89. The van der Waals surface area contributed by atoms with E-state index in [2.05, 4.69) is 54.2 Å². The first kappa shape index (κ1) is 21.3. The number of aliphatic hydroxyl groups is 1. The maximum absolute atomic E-state index is 12.3. The molecule has 7 nitrogen and oxygen atoms in total. The van der Waals surface area contributed by atoms with Gasteiger partial charge >= 0.3 is 0 Å². The van der Waals surface area contributed by atoms with Gasteiger partial charge in [0.15, 0.2) is 0 Å². The molecule has 0 aliphatic carbocycles. The number of hydrogen-bond acceptors (Lipinski definition) is 5. The zero-order valence-electron chi connectivity index (χ0n) is 16.3. The van der Waals surface area contributed by atoms with E-state index in [1.807, 2.05) is 12.3 Å². The number of nitrogens with zero attached hydrogens (tertiary/aromatic N) is 4. The Balaban J connectivity index is 1.45. The van der Waals surface area contributed by atoms with Gasteiger partial charge in [0.2, 0.25) is 11.9 Å². The van der Waals surface area contributed by atoms with Crippen LogP contribution in [0.2, 0.25) is 0 Å². The van der Waals surface area contributed by atoms with Gasteiger partial charge in [0.25, 0.3) is 0 Å². The van der Waals surface area contributed by atoms with Crippen LogP contribution in [0.25, 0.3) is 0 Å². The van der Waals surface area contributed by atoms with E-state index in [-0.39, 0.29) is 18.4 Å². The molecular formula is C21H24BrN5O2. The molecule has 0 saturated carbocycles. The minimum absolute atomic E-state index is 0.0925. The minimum Gasteiger partial charge on any atom is -0.390 e. The van der Waals surface area contributed by atoms with Crippen LogP contribution in [0.4, 0.5) is 0 Å². The molecule has 1 aliphatic heterocycles. The van der Waals surface area contributed by atoms with Crippen LogP contribution in [0.3, 0.4) is 0 Å². The molecule has 8 heteroatoms. The molecule has 3 rings (SSSR count). The van der Waals surface area contributed by atoms with Gasteiger partial charge in [-0.15, -0.1) is 0 Å². The van der Waals surface area contributed by atoms with Crippen LogP contribution in [-0.2, 0) is 24.2 Å². The maximum atomic E-state index is 12.3. The van der Waals surface area contributed by atoms with Crippen LogP contribution >= 0.6 is 15.9 Å². The largest absolute Gasteiger partial charge is 0.390 e. The van der Waals surface area contributed by atoms with Crippen LogP contribution in [0.15, 0.2) is 45.1 Å². The molecule has 0 saturated heterocycles. The van der Waals surface area contributed by atoms with Gasteiger partial charge in [-0.25, -0.2) is 4.99 Å². The first-order chi connectivity index (χ1) is 14.0. The Labute approximate surface area is 178 Å². The van der Waals surface area contributed by atoms with Crippen molar-refractivity contribution in [2.45, 2.75) is 39.2 Å². The molecule has 1 amide bonds.